The molecule has 1 atom stereocenters. The summed E-state index contributed by atoms with van der Waals surface area (Å²) >= 11 is 0. The molecule has 0 radical (unpaired) electrons. The molecule has 6 heteroatoms. The van der Waals surface area contributed by atoms with Crippen LogP contribution in [0.3, 0.4) is 0 Å². The van der Waals surface area contributed by atoms with Crippen LogP contribution in [0.15, 0.2) is 18.2 Å². The van der Waals surface area contributed by atoms with Crippen LogP contribution in [0.25, 0.3) is 0 Å². The third-order valence-electron chi connectivity index (χ3n) is 3.85. The Kier molecular flexibility index (Phi) is 5.52. The number of carbonyl (C=O) groups excluding carboxylic acids is 1. The van der Waals surface area contributed by atoms with Crippen LogP contribution >= 0.6 is 0 Å². The first-order valence-electron chi connectivity index (χ1n) is 7.30. The SMILES string of the molecule is Nc1cc(F)ccc1NC(=O)CCCN1CCCC1CO. The van der Waals surface area contributed by atoms with E-state index in [0.717, 1.165) is 32.4 Å². The van der Waals surface area contributed by atoms with Crippen molar-refractivity contribution in [3.05, 3.63) is 24.0 Å². The van der Waals surface area contributed by atoms with Crippen molar-refractivity contribution in [2.24, 2.45) is 0 Å². The van der Waals surface area contributed by atoms with Gasteiger partial charge in [-0.1, -0.05) is 0 Å². The van der Waals surface area contributed by atoms with Gasteiger partial charge in [-0.05, 0) is 50.6 Å². The second-order valence-electron chi connectivity index (χ2n) is 5.40. The molecule has 4 N–H and O–H groups in total. The first kappa shape index (κ1) is 15.7. The van der Waals surface area contributed by atoms with Gasteiger partial charge in [0, 0.05) is 12.5 Å². The Bertz CT molecular complexity index is 496. The number of carbonyl (C=O) groups is 1. The van der Waals surface area contributed by atoms with Crippen molar-refractivity contribution in [1.29, 1.82) is 0 Å². The number of aliphatic hydroxyl groups excluding tert-OH is 1. The molecule has 1 aliphatic rings. The summed E-state index contributed by atoms with van der Waals surface area (Å²) in [6, 6.07) is 4.15. The number of aliphatic hydroxyl groups is 1. The third kappa shape index (κ3) is 4.41. The maximum atomic E-state index is 12.9. The molecule has 0 aromatic heterocycles. The summed E-state index contributed by atoms with van der Waals surface area (Å²) in [5.74, 6) is -0.553. The van der Waals surface area contributed by atoms with Crippen LogP contribution in [0.2, 0.25) is 0 Å². The molecular formula is C15H22FN3O2. The number of hydrogen-bond acceptors (Lipinski definition) is 4. The lowest BCUT2D eigenvalue weighted by Crippen LogP contribution is -2.33. The van der Waals surface area contributed by atoms with E-state index in [9.17, 15) is 14.3 Å². The lowest BCUT2D eigenvalue weighted by molar-refractivity contribution is -0.116. The van der Waals surface area contributed by atoms with E-state index in [1.807, 2.05) is 0 Å². The molecule has 0 spiro atoms. The van der Waals surface area contributed by atoms with E-state index in [1.54, 1.807) is 0 Å². The fourth-order valence-electron chi connectivity index (χ4n) is 2.70. The number of rotatable bonds is 6. The zero-order chi connectivity index (χ0) is 15.2. The quantitative estimate of drug-likeness (QED) is 0.696. The lowest BCUT2D eigenvalue weighted by atomic mass is 10.2. The molecule has 2 rings (SSSR count). The summed E-state index contributed by atoms with van der Waals surface area (Å²) in [6.45, 7) is 1.97. The molecule has 0 saturated carbocycles. The molecule has 1 heterocycles. The van der Waals surface area contributed by atoms with Crippen molar-refractivity contribution in [1.82, 2.24) is 4.90 Å². The van der Waals surface area contributed by atoms with Crippen LogP contribution in [-0.2, 0) is 4.79 Å². The zero-order valence-corrected chi connectivity index (χ0v) is 12.0. The van der Waals surface area contributed by atoms with Crippen molar-refractivity contribution < 1.29 is 14.3 Å². The van der Waals surface area contributed by atoms with Gasteiger partial charge >= 0.3 is 0 Å². The molecule has 116 valence electrons. The second kappa shape index (κ2) is 7.38. The van der Waals surface area contributed by atoms with Gasteiger partial charge in [0.2, 0.25) is 5.91 Å². The van der Waals surface area contributed by atoms with Crippen molar-refractivity contribution in [3.8, 4) is 0 Å². The van der Waals surface area contributed by atoms with Crippen molar-refractivity contribution in [2.45, 2.75) is 31.7 Å². The van der Waals surface area contributed by atoms with Gasteiger partial charge in [-0.25, -0.2) is 4.39 Å². The highest BCUT2D eigenvalue weighted by Crippen LogP contribution is 2.20. The minimum Gasteiger partial charge on any atom is -0.397 e. The zero-order valence-electron chi connectivity index (χ0n) is 12.0. The van der Waals surface area contributed by atoms with Crippen LogP contribution in [-0.4, -0.2) is 41.7 Å². The normalized spacial score (nSPS) is 18.9. The Morgan fingerprint density at radius 1 is 1.52 bits per heavy atom. The van der Waals surface area contributed by atoms with Crippen LogP contribution in [0, 0.1) is 5.82 Å². The molecule has 1 saturated heterocycles. The van der Waals surface area contributed by atoms with Crippen LogP contribution < -0.4 is 11.1 Å². The fourth-order valence-corrected chi connectivity index (χ4v) is 2.70. The number of anilines is 2. The van der Waals surface area contributed by atoms with E-state index < -0.39 is 5.82 Å². The van der Waals surface area contributed by atoms with Crippen molar-refractivity contribution >= 4 is 17.3 Å². The Morgan fingerprint density at radius 2 is 2.33 bits per heavy atom. The molecule has 1 fully saturated rings. The van der Waals surface area contributed by atoms with E-state index in [1.165, 1.54) is 18.2 Å². The van der Waals surface area contributed by atoms with E-state index in [4.69, 9.17) is 5.73 Å². The van der Waals surface area contributed by atoms with Crippen LogP contribution in [0.1, 0.15) is 25.7 Å². The van der Waals surface area contributed by atoms with Gasteiger partial charge in [-0.3, -0.25) is 9.69 Å². The molecule has 21 heavy (non-hydrogen) atoms. The number of nitrogens with one attached hydrogen (secondary N) is 1. The Labute approximate surface area is 123 Å². The van der Waals surface area contributed by atoms with Gasteiger partial charge in [0.25, 0.3) is 0 Å². The summed E-state index contributed by atoms with van der Waals surface area (Å²) < 4.78 is 12.9. The number of halogens is 1. The summed E-state index contributed by atoms with van der Waals surface area (Å²) in [5.41, 5.74) is 6.31. The number of amides is 1. The maximum absolute atomic E-state index is 12.9. The number of nitrogens with two attached hydrogens (primary N) is 1. The largest absolute Gasteiger partial charge is 0.397 e. The molecule has 0 aliphatic carbocycles. The second-order valence-corrected chi connectivity index (χ2v) is 5.40. The van der Waals surface area contributed by atoms with Gasteiger partial charge < -0.3 is 16.2 Å². The highest BCUT2D eigenvalue weighted by molar-refractivity contribution is 5.93. The summed E-state index contributed by atoms with van der Waals surface area (Å²) in [7, 11) is 0. The highest BCUT2D eigenvalue weighted by Gasteiger charge is 2.23. The van der Waals surface area contributed by atoms with E-state index >= 15 is 0 Å². The fraction of sp³-hybridized carbons (Fsp3) is 0.533. The number of nitrogens with zero attached hydrogens (tertiary/aromatic N) is 1. The van der Waals surface area contributed by atoms with Gasteiger partial charge in [-0.15, -0.1) is 0 Å². The number of benzene rings is 1. The Balaban J connectivity index is 1.75. The summed E-state index contributed by atoms with van der Waals surface area (Å²) in [5, 5.41) is 11.9. The minimum absolute atomic E-state index is 0.131. The first-order chi connectivity index (χ1) is 10.1. The predicted octanol–water partition coefficient (Wildman–Crippen LogP) is 1.58. The van der Waals surface area contributed by atoms with Crippen molar-refractivity contribution in [2.75, 3.05) is 30.7 Å². The molecule has 0 bridgehead atoms. The molecule has 1 aromatic carbocycles. The van der Waals surface area contributed by atoms with Crippen LogP contribution in [0.4, 0.5) is 15.8 Å². The summed E-state index contributed by atoms with van der Waals surface area (Å²) in [4.78, 5) is 14.1. The van der Waals surface area contributed by atoms with Gasteiger partial charge in [-0.2, -0.15) is 0 Å². The molecule has 1 unspecified atom stereocenters. The Hall–Kier alpha value is -1.66. The average molecular weight is 295 g/mol. The minimum atomic E-state index is -0.422. The van der Waals surface area contributed by atoms with E-state index in [-0.39, 0.29) is 24.2 Å². The van der Waals surface area contributed by atoms with E-state index in [0.29, 0.717) is 12.1 Å². The van der Waals surface area contributed by atoms with Gasteiger partial charge in [0.1, 0.15) is 5.82 Å². The van der Waals surface area contributed by atoms with Crippen molar-refractivity contribution in [3.63, 3.8) is 0 Å². The Morgan fingerprint density at radius 3 is 3.05 bits per heavy atom. The smallest absolute Gasteiger partial charge is 0.224 e. The van der Waals surface area contributed by atoms with E-state index in [2.05, 4.69) is 10.2 Å². The topological polar surface area (TPSA) is 78.6 Å². The molecular weight excluding hydrogens is 273 g/mol. The molecule has 5 nitrogen and oxygen atoms in total. The lowest BCUT2D eigenvalue weighted by Gasteiger charge is -2.22. The third-order valence-corrected chi connectivity index (χ3v) is 3.85. The summed E-state index contributed by atoms with van der Waals surface area (Å²) in [6.07, 6.45) is 3.23. The van der Waals surface area contributed by atoms with Gasteiger partial charge in [0.15, 0.2) is 0 Å². The number of hydrogen-bond donors (Lipinski definition) is 3. The molecule has 1 amide bonds. The standard InChI is InChI=1S/C15H22FN3O2/c16-11-5-6-14(13(17)9-11)18-15(21)4-2-8-19-7-1-3-12(19)10-20/h5-6,9,12,20H,1-4,7-8,10,17H2,(H,18,21). The number of likely N-dealkylation sites (tertiary alicyclic amines) is 1. The highest BCUT2D eigenvalue weighted by atomic mass is 19.1. The first-order valence-corrected chi connectivity index (χ1v) is 7.30. The maximum Gasteiger partial charge on any atom is 0.224 e. The molecule has 1 aliphatic heterocycles. The van der Waals surface area contributed by atoms with Crippen LogP contribution in [0.5, 0.6) is 0 Å². The number of nitrogen functional groups attached to an aromatic ring is 1. The average Bonchev–Trinajstić information content (AvgIpc) is 2.89. The monoisotopic (exact) mass is 295 g/mol. The molecule has 1 aromatic rings. The van der Waals surface area contributed by atoms with Gasteiger partial charge in [0.05, 0.1) is 18.0 Å². The predicted molar refractivity (Wildman–Crippen MR) is 80.4 cm³/mol.